The molecule has 3 rings (SSSR count). The number of nitriles is 1. The predicted octanol–water partition coefficient (Wildman–Crippen LogP) is 1.42. The number of hydrogen-bond donors (Lipinski definition) is 1. The van der Waals surface area contributed by atoms with E-state index in [2.05, 4.69) is 26.4 Å². The van der Waals surface area contributed by atoms with Crippen molar-refractivity contribution >= 4 is 5.91 Å². The molecule has 1 saturated carbocycles. The number of aromatic nitrogens is 3. The third-order valence-corrected chi connectivity index (χ3v) is 5.39. The van der Waals surface area contributed by atoms with Crippen LogP contribution in [0.3, 0.4) is 0 Å². The standard InChI is InChI=1S/C18H28N6O/c1-13-20-14(2)24(22-13)10-15-5-4-8-23(9-15)11-17(25)21-18(3,12-19)16-6-7-16/h15-16H,4-11H2,1-3H3,(H,21,25). The summed E-state index contributed by atoms with van der Waals surface area (Å²) in [7, 11) is 0. The van der Waals surface area contributed by atoms with Crippen LogP contribution >= 0.6 is 0 Å². The minimum atomic E-state index is -0.707. The van der Waals surface area contributed by atoms with Crippen LogP contribution in [0.4, 0.5) is 0 Å². The molecule has 0 radical (unpaired) electrons. The Hall–Kier alpha value is -1.94. The van der Waals surface area contributed by atoms with Gasteiger partial charge in [0.1, 0.15) is 17.2 Å². The Morgan fingerprint density at radius 2 is 2.16 bits per heavy atom. The van der Waals surface area contributed by atoms with Gasteiger partial charge in [-0.3, -0.25) is 9.69 Å². The molecular weight excluding hydrogens is 316 g/mol. The van der Waals surface area contributed by atoms with Crippen molar-refractivity contribution < 1.29 is 4.79 Å². The van der Waals surface area contributed by atoms with Gasteiger partial charge in [0.05, 0.1) is 12.6 Å². The number of carbonyl (C=O) groups is 1. The molecule has 0 aromatic carbocycles. The molecule has 7 nitrogen and oxygen atoms in total. The van der Waals surface area contributed by atoms with Crippen molar-refractivity contribution in [3.63, 3.8) is 0 Å². The monoisotopic (exact) mass is 344 g/mol. The van der Waals surface area contributed by atoms with Crippen molar-refractivity contribution in [1.29, 1.82) is 5.26 Å². The molecule has 1 N–H and O–H groups in total. The van der Waals surface area contributed by atoms with E-state index in [4.69, 9.17) is 0 Å². The molecule has 2 fully saturated rings. The summed E-state index contributed by atoms with van der Waals surface area (Å²) >= 11 is 0. The van der Waals surface area contributed by atoms with Gasteiger partial charge in [-0.2, -0.15) is 10.4 Å². The van der Waals surface area contributed by atoms with E-state index < -0.39 is 5.54 Å². The molecular formula is C18H28N6O. The van der Waals surface area contributed by atoms with Gasteiger partial charge in [-0.25, -0.2) is 9.67 Å². The second-order valence-electron chi connectivity index (χ2n) is 7.77. The van der Waals surface area contributed by atoms with E-state index in [0.717, 1.165) is 57.0 Å². The molecule has 7 heteroatoms. The number of hydrogen-bond acceptors (Lipinski definition) is 5. The molecule has 25 heavy (non-hydrogen) atoms. The molecule has 1 aromatic heterocycles. The number of rotatable bonds is 6. The highest BCUT2D eigenvalue weighted by atomic mass is 16.2. The summed E-state index contributed by atoms with van der Waals surface area (Å²) in [5.74, 6) is 2.51. The molecule has 2 aliphatic rings. The van der Waals surface area contributed by atoms with E-state index in [9.17, 15) is 10.1 Å². The lowest BCUT2D eigenvalue weighted by atomic mass is 9.97. The Kier molecular flexibility index (Phi) is 5.09. The van der Waals surface area contributed by atoms with Crippen molar-refractivity contribution in [2.75, 3.05) is 19.6 Å². The van der Waals surface area contributed by atoms with E-state index in [1.54, 1.807) is 0 Å². The minimum Gasteiger partial charge on any atom is -0.337 e. The largest absolute Gasteiger partial charge is 0.337 e. The van der Waals surface area contributed by atoms with Gasteiger partial charge in [-0.1, -0.05) is 0 Å². The zero-order valence-corrected chi connectivity index (χ0v) is 15.5. The maximum Gasteiger partial charge on any atom is 0.235 e. The van der Waals surface area contributed by atoms with Crippen LogP contribution in [-0.4, -0.2) is 50.7 Å². The first-order chi connectivity index (χ1) is 11.9. The van der Waals surface area contributed by atoms with Gasteiger partial charge >= 0.3 is 0 Å². The number of nitrogens with zero attached hydrogens (tertiary/aromatic N) is 5. The minimum absolute atomic E-state index is 0.0376. The second kappa shape index (κ2) is 7.12. The van der Waals surface area contributed by atoms with Gasteiger partial charge in [0.25, 0.3) is 0 Å². The Morgan fingerprint density at radius 3 is 2.76 bits per heavy atom. The highest BCUT2D eigenvalue weighted by molar-refractivity contribution is 5.79. The first-order valence-electron chi connectivity index (χ1n) is 9.22. The van der Waals surface area contributed by atoms with Gasteiger partial charge in [-0.15, -0.1) is 0 Å². The lowest BCUT2D eigenvalue weighted by molar-refractivity contribution is -0.124. The maximum atomic E-state index is 12.4. The Bertz CT molecular complexity index is 674. The second-order valence-corrected chi connectivity index (χ2v) is 7.77. The highest BCUT2D eigenvalue weighted by Crippen LogP contribution is 2.39. The van der Waals surface area contributed by atoms with Crippen molar-refractivity contribution in [1.82, 2.24) is 25.0 Å². The average molecular weight is 344 g/mol. The number of aryl methyl sites for hydroxylation is 2. The third kappa shape index (κ3) is 4.37. The summed E-state index contributed by atoms with van der Waals surface area (Å²) in [5, 5.41) is 16.8. The van der Waals surface area contributed by atoms with Gasteiger partial charge in [0.2, 0.25) is 5.91 Å². The molecule has 2 heterocycles. The third-order valence-electron chi connectivity index (χ3n) is 5.39. The average Bonchev–Trinajstić information content (AvgIpc) is 3.35. The van der Waals surface area contributed by atoms with Crippen molar-refractivity contribution in [2.24, 2.45) is 11.8 Å². The van der Waals surface area contributed by atoms with E-state index in [1.165, 1.54) is 0 Å². The molecule has 1 saturated heterocycles. The molecule has 1 amide bonds. The Morgan fingerprint density at radius 1 is 1.40 bits per heavy atom. The summed E-state index contributed by atoms with van der Waals surface area (Å²) < 4.78 is 1.98. The number of likely N-dealkylation sites (tertiary alicyclic amines) is 1. The molecule has 136 valence electrons. The van der Waals surface area contributed by atoms with Crippen molar-refractivity contribution in [2.45, 2.75) is 58.5 Å². The molecule has 1 aromatic rings. The number of piperidine rings is 1. The number of carbonyl (C=O) groups excluding carboxylic acids is 1. The molecule has 0 bridgehead atoms. The van der Waals surface area contributed by atoms with Crippen LogP contribution in [0.5, 0.6) is 0 Å². The molecule has 1 aliphatic carbocycles. The van der Waals surface area contributed by atoms with Crippen LogP contribution in [0.15, 0.2) is 0 Å². The lowest BCUT2D eigenvalue weighted by Gasteiger charge is -2.33. The smallest absolute Gasteiger partial charge is 0.235 e. The van der Waals surface area contributed by atoms with Gasteiger partial charge in [-0.05, 0) is 64.8 Å². The predicted molar refractivity (Wildman–Crippen MR) is 93.5 cm³/mol. The first-order valence-corrected chi connectivity index (χ1v) is 9.22. The molecule has 2 atom stereocenters. The Balaban J connectivity index is 1.52. The lowest BCUT2D eigenvalue weighted by Crippen LogP contribution is -2.51. The SMILES string of the molecule is Cc1nc(C)n(CC2CCCN(CC(=O)NC(C)(C#N)C3CC3)C2)n1. The van der Waals surface area contributed by atoms with E-state index >= 15 is 0 Å². The zero-order valence-electron chi connectivity index (χ0n) is 15.5. The van der Waals surface area contributed by atoms with E-state index in [1.807, 2.05) is 25.5 Å². The maximum absolute atomic E-state index is 12.4. The summed E-state index contributed by atoms with van der Waals surface area (Å²) in [6, 6.07) is 2.29. The number of amides is 1. The number of nitrogens with one attached hydrogen (secondary N) is 1. The topological polar surface area (TPSA) is 86.8 Å². The first kappa shape index (κ1) is 17.9. The molecule has 0 spiro atoms. The zero-order chi connectivity index (χ0) is 18.0. The highest BCUT2D eigenvalue weighted by Gasteiger charge is 2.43. The normalized spacial score (nSPS) is 23.7. The van der Waals surface area contributed by atoms with E-state index in [-0.39, 0.29) is 5.91 Å². The fraction of sp³-hybridized carbons (Fsp3) is 0.778. The fourth-order valence-electron chi connectivity index (χ4n) is 3.84. The van der Waals surface area contributed by atoms with Crippen LogP contribution in [0.1, 0.15) is 44.3 Å². The van der Waals surface area contributed by atoms with Crippen LogP contribution in [0.2, 0.25) is 0 Å². The molecule has 2 unspecified atom stereocenters. The van der Waals surface area contributed by atoms with E-state index in [0.29, 0.717) is 18.4 Å². The quantitative estimate of drug-likeness (QED) is 0.843. The summed E-state index contributed by atoms with van der Waals surface area (Å²) in [6.45, 7) is 8.78. The summed E-state index contributed by atoms with van der Waals surface area (Å²) in [6.07, 6.45) is 4.30. The van der Waals surface area contributed by atoms with Crippen LogP contribution in [0.25, 0.3) is 0 Å². The summed E-state index contributed by atoms with van der Waals surface area (Å²) in [4.78, 5) is 19.0. The Labute approximate surface area is 149 Å². The van der Waals surface area contributed by atoms with Crippen LogP contribution in [-0.2, 0) is 11.3 Å². The fourth-order valence-corrected chi connectivity index (χ4v) is 3.84. The summed E-state index contributed by atoms with van der Waals surface area (Å²) in [5.41, 5.74) is -0.707. The van der Waals surface area contributed by atoms with Gasteiger partial charge in [0.15, 0.2) is 0 Å². The van der Waals surface area contributed by atoms with Crippen molar-refractivity contribution in [3.8, 4) is 6.07 Å². The van der Waals surface area contributed by atoms with Crippen LogP contribution in [0, 0.1) is 37.0 Å². The van der Waals surface area contributed by atoms with Crippen molar-refractivity contribution in [3.05, 3.63) is 11.6 Å². The van der Waals surface area contributed by atoms with Crippen LogP contribution < -0.4 is 5.32 Å². The van der Waals surface area contributed by atoms with Gasteiger partial charge < -0.3 is 5.32 Å². The molecule has 1 aliphatic heterocycles. The van der Waals surface area contributed by atoms with Gasteiger partial charge in [0, 0.05) is 13.1 Å².